The Morgan fingerprint density at radius 1 is 0.929 bits per heavy atom. The summed E-state index contributed by atoms with van der Waals surface area (Å²) >= 11 is 0. The van der Waals surface area contributed by atoms with Gasteiger partial charge in [0.05, 0.1) is 0 Å². The van der Waals surface area contributed by atoms with E-state index in [2.05, 4.69) is 59.3 Å². The zero-order valence-electron chi connectivity index (χ0n) is 16.0. The number of fused-ring (bicyclic) bond motifs is 3. The minimum Gasteiger partial charge on any atom is -0.478 e. The minimum atomic E-state index is -1.26. The van der Waals surface area contributed by atoms with E-state index in [1.807, 2.05) is 0 Å². The van der Waals surface area contributed by atoms with Crippen molar-refractivity contribution in [3.05, 3.63) is 54.6 Å². The van der Waals surface area contributed by atoms with Gasteiger partial charge in [-0.05, 0) is 49.2 Å². The van der Waals surface area contributed by atoms with Gasteiger partial charge in [-0.25, -0.2) is 9.59 Å². The Kier molecular flexibility index (Phi) is 6.31. The number of rotatable bonds is 3. The van der Waals surface area contributed by atoms with E-state index in [1.165, 1.54) is 48.8 Å². The predicted molar refractivity (Wildman–Crippen MR) is 110 cm³/mol. The molecule has 0 saturated carbocycles. The quantitative estimate of drug-likeness (QED) is 0.794. The van der Waals surface area contributed by atoms with E-state index in [4.69, 9.17) is 10.2 Å². The van der Waals surface area contributed by atoms with E-state index in [1.54, 1.807) is 0 Å². The number of benzene rings is 2. The van der Waals surface area contributed by atoms with Crippen LogP contribution in [0, 0.1) is 0 Å². The van der Waals surface area contributed by atoms with Crippen LogP contribution in [0.5, 0.6) is 0 Å². The fraction of sp³-hybridized carbons (Fsp3) is 0.364. The average Bonchev–Trinajstić information content (AvgIpc) is 2.92. The number of hydrogen-bond donors (Lipinski definition) is 2. The number of hydrogen-bond acceptors (Lipinski definition) is 4. The van der Waals surface area contributed by atoms with Gasteiger partial charge in [-0.3, -0.25) is 4.90 Å². The zero-order valence-corrected chi connectivity index (χ0v) is 16.0. The Morgan fingerprint density at radius 2 is 1.57 bits per heavy atom. The van der Waals surface area contributed by atoms with Gasteiger partial charge in [0.2, 0.25) is 0 Å². The van der Waals surface area contributed by atoms with Gasteiger partial charge in [0.25, 0.3) is 0 Å². The largest absolute Gasteiger partial charge is 0.478 e. The van der Waals surface area contributed by atoms with Gasteiger partial charge >= 0.3 is 11.9 Å². The molecule has 28 heavy (non-hydrogen) atoms. The number of aliphatic carboxylic acids is 2. The molecule has 2 aromatic rings. The van der Waals surface area contributed by atoms with Crippen LogP contribution in [-0.2, 0) is 9.59 Å². The highest BCUT2D eigenvalue weighted by atomic mass is 16.4. The Labute approximate surface area is 164 Å². The summed E-state index contributed by atoms with van der Waals surface area (Å²) in [4.78, 5) is 24.3. The molecule has 0 spiro atoms. The summed E-state index contributed by atoms with van der Waals surface area (Å²) in [5.74, 6) is -2.51. The lowest BCUT2D eigenvalue weighted by molar-refractivity contribution is -0.134. The maximum Gasteiger partial charge on any atom is 0.328 e. The molecule has 6 nitrogen and oxygen atoms in total. The molecule has 0 aromatic heterocycles. The molecule has 2 aliphatic heterocycles. The minimum absolute atomic E-state index is 0.558. The Bertz CT molecular complexity index is 864. The Hall–Kier alpha value is -2.86. The van der Waals surface area contributed by atoms with Gasteiger partial charge < -0.3 is 15.1 Å². The normalized spacial score (nSPS) is 22.0. The van der Waals surface area contributed by atoms with Crippen molar-refractivity contribution in [1.82, 2.24) is 4.90 Å². The highest BCUT2D eigenvalue weighted by molar-refractivity contribution is 5.89. The monoisotopic (exact) mass is 382 g/mol. The molecule has 2 bridgehead atoms. The summed E-state index contributed by atoms with van der Waals surface area (Å²) in [5.41, 5.74) is 1.39. The van der Waals surface area contributed by atoms with E-state index in [-0.39, 0.29) is 0 Å². The smallest absolute Gasteiger partial charge is 0.328 e. The van der Waals surface area contributed by atoms with Crippen molar-refractivity contribution >= 4 is 28.4 Å². The van der Waals surface area contributed by atoms with Crippen LogP contribution in [-0.4, -0.2) is 59.3 Å². The molecule has 0 amide bonds. The lowest BCUT2D eigenvalue weighted by Crippen LogP contribution is -2.36. The molecule has 2 saturated heterocycles. The van der Waals surface area contributed by atoms with Gasteiger partial charge in [0.1, 0.15) is 0 Å². The summed E-state index contributed by atoms with van der Waals surface area (Å²) in [5, 5.41) is 18.3. The van der Waals surface area contributed by atoms with Crippen molar-refractivity contribution in [2.45, 2.75) is 31.3 Å². The van der Waals surface area contributed by atoms with Crippen LogP contribution in [0.4, 0.5) is 5.69 Å². The van der Waals surface area contributed by atoms with Crippen molar-refractivity contribution in [1.29, 1.82) is 0 Å². The topological polar surface area (TPSA) is 81.1 Å². The van der Waals surface area contributed by atoms with Crippen LogP contribution < -0.4 is 4.90 Å². The molecule has 4 rings (SSSR count). The summed E-state index contributed by atoms with van der Waals surface area (Å²) in [7, 11) is 2.31. The van der Waals surface area contributed by atoms with Crippen LogP contribution in [0.25, 0.3) is 10.8 Å². The third kappa shape index (κ3) is 4.89. The van der Waals surface area contributed by atoms with Gasteiger partial charge in [-0.2, -0.15) is 0 Å². The second kappa shape index (κ2) is 8.89. The van der Waals surface area contributed by atoms with Gasteiger partial charge in [-0.15, -0.1) is 0 Å². The molecular formula is C22H26N2O4. The van der Waals surface area contributed by atoms with Gasteiger partial charge in [-0.1, -0.05) is 30.3 Å². The standard InChI is InChI=1S/C18H22N2.C4H4O4/c1-19-16-8-9-18(19)13-20(11-10-16)17-7-6-14-4-2-3-5-15(14)12-17;5-3(6)1-2-4(7)8/h2-7,12,16,18H,8-11,13H2,1H3;1-2H,(H,5,6)(H,7,8)/b;2-1+. The van der Waals surface area contributed by atoms with Crippen molar-refractivity contribution in [3.8, 4) is 0 Å². The molecular weight excluding hydrogens is 356 g/mol. The molecule has 2 unspecified atom stereocenters. The van der Waals surface area contributed by atoms with E-state index >= 15 is 0 Å². The molecule has 148 valence electrons. The highest BCUT2D eigenvalue weighted by Crippen LogP contribution is 2.31. The summed E-state index contributed by atoms with van der Waals surface area (Å²) < 4.78 is 0. The highest BCUT2D eigenvalue weighted by Gasteiger charge is 2.34. The van der Waals surface area contributed by atoms with Gasteiger partial charge in [0, 0.05) is 43.0 Å². The molecule has 2 N–H and O–H groups in total. The van der Waals surface area contributed by atoms with E-state index < -0.39 is 11.9 Å². The van der Waals surface area contributed by atoms with Crippen molar-refractivity contribution in [3.63, 3.8) is 0 Å². The Balaban J connectivity index is 0.000000242. The zero-order chi connectivity index (χ0) is 20.1. The first-order chi connectivity index (χ1) is 13.4. The van der Waals surface area contributed by atoms with E-state index in [0.29, 0.717) is 12.2 Å². The number of likely N-dealkylation sites (N-methyl/N-ethyl adjacent to an activating group) is 1. The fourth-order valence-electron chi connectivity index (χ4n) is 4.06. The molecule has 2 atom stereocenters. The van der Waals surface area contributed by atoms with Crippen molar-refractivity contribution in [2.75, 3.05) is 25.0 Å². The summed E-state index contributed by atoms with van der Waals surface area (Å²) in [6.07, 6.45) is 5.18. The van der Waals surface area contributed by atoms with Crippen LogP contribution in [0.1, 0.15) is 19.3 Å². The van der Waals surface area contributed by atoms with Crippen LogP contribution >= 0.6 is 0 Å². The number of carbonyl (C=O) groups is 2. The number of carboxylic acids is 2. The molecule has 2 fully saturated rings. The number of carboxylic acid groups (broad SMARTS) is 2. The molecule has 2 heterocycles. The maximum atomic E-state index is 9.55. The van der Waals surface area contributed by atoms with Crippen LogP contribution in [0.3, 0.4) is 0 Å². The number of nitrogens with zero attached hydrogens (tertiary/aromatic N) is 2. The van der Waals surface area contributed by atoms with Crippen molar-refractivity contribution < 1.29 is 19.8 Å². The van der Waals surface area contributed by atoms with E-state index in [9.17, 15) is 9.59 Å². The first-order valence-corrected chi connectivity index (χ1v) is 9.53. The summed E-state index contributed by atoms with van der Waals surface area (Å²) in [6.45, 7) is 2.38. The van der Waals surface area contributed by atoms with Crippen molar-refractivity contribution in [2.24, 2.45) is 0 Å². The van der Waals surface area contributed by atoms with E-state index in [0.717, 1.165) is 12.1 Å². The molecule has 2 aromatic carbocycles. The second-order valence-corrected chi connectivity index (χ2v) is 7.33. The first kappa shape index (κ1) is 19.9. The first-order valence-electron chi connectivity index (χ1n) is 9.53. The molecule has 6 heteroatoms. The lowest BCUT2D eigenvalue weighted by atomic mass is 10.1. The van der Waals surface area contributed by atoms with Gasteiger partial charge in [0.15, 0.2) is 0 Å². The average molecular weight is 382 g/mol. The van der Waals surface area contributed by atoms with Crippen LogP contribution in [0.15, 0.2) is 54.6 Å². The third-order valence-electron chi connectivity index (χ3n) is 5.62. The molecule has 2 aliphatic rings. The third-order valence-corrected chi connectivity index (χ3v) is 5.62. The molecule has 0 aliphatic carbocycles. The SMILES string of the molecule is CN1C2CCC1CN(c1ccc3ccccc3c1)CC2.O=C(O)/C=C/C(=O)O. The number of anilines is 1. The fourth-order valence-corrected chi connectivity index (χ4v) is 4.06. The summed E-state index contributed by atoms with van der Waals surface area (Å²) in [6, 6.07) is 17.1. The lowest BCUT2D eigenvalue weighted by Gasteiger charge is -2.27. The predicted octanol–water partition coefficient (Wildman–Crippen LogP) is 3.22. The Morgan fingerprint density at radius 3 is 2.25 bits per heavy atom. The maximum absolute atomic E-state index is 9.55. The molecule has 0 radical (unpaired) electrons. The van der Waals surface area contributed by atoms with Crippen LogP contribution in [0.2, 0.25) is 0 Å². The second-order valence-electron chi connectivity index (χ2n) is 7.33.